The fraction of sp³-hybridized carbons (Fsp3) is 0.333. The minimum absolute atomic E-state index is 0.177. The number of carbonyl (C=O) groups is 1. The van der Waals surface area contributed by atoms with Crippen LogP contribution in [0.25, 0.3) is 0 Å². The number of benzene rings is 1. The number of nitrogens with one attached hydrogen (secondary N) is 1. The van der Waals surface area contributed by atoms with E-state index in [-0.39, 0.29) is 5.69 Å². The van der Waals surface area contributed by atoms with E-state index in [1.165, 1.54) is 6.21 Å². The van der Waals surface area contributed by atoms with Gasteiger partial charge >= 0.3 is 5.56 Å². The van der Waals surface area contributed by atoms with Crippen LogP contribution in [0, 0.1) is 0 Å². The fourth-order valence-corrected chi connectivity index (χ4v) is 2.24. The number of rotatable bonds is 4. The van der Waals surface area contributed by atoms with Gasteiger partial charge in [0.05, 0.1) is 26.5 Å². The van der Waals surface area contributed by atoms with Gasteiger partial charge in [0.15, 0.2) is 0 Å². The second-order valence-corrected chi connectivity index (χ2v) is 5.10. The van der Waals surface area contributed by atoms with Crippen molar-refractivity contribution in [3.8, 4) is 5.75 Å². The summed E-state index contributed by atoms with van der Waals surface area (Å²) in [6, 6.07) is 7.15. The number of H-pyrrole nitrogens is 1. The number of nitrogens with zero attached hydrogens (tertiary/aromatic N) is 4. The molecule has 1 aliphatic rings. The van der Waals surface area contributed by atoms with E-state index in [4.69, 9.17) is 9.47 Å². The minimum atomic E-state index is -0.587. The molecule has 0 spiro atoms. The fourth-order valence-electron chi connectivity index (χ4n) is 2.24. The highest BCUT2D eigenvalue weighted by molar-refractivity contribution is 5.92. The standard InChI is InChI=1S/C15H17N5O4/c1-23-12-4-2-11(3-5-12)10-16-20-15(22)13(17-18-20)14(21)19-6-8-24-9-7-19/h2-5,10,18H,6-9H2,1H3. The zero-order valence-electron chi connectivity index (χ0n) is 13.1. The molecule has 9 heteroatoms. The van der Waals surface area contributed by atoms with Crippen molar-refractivity contribution in [2.24, 2.45) is 5.10 Å². The van der Waals surface area contributed by atoms with Gasteiger partial charge < -0.3 is 14.4 Å². The highest BCUT2D eigenvalue weighted by atomic mass is 16.5. The topological polar surface area (TPSA) is 102 Å². The average Bonchev–Trinajstić information content (AvgIpc) is 3.01. The maximum Gasteiger partial charge on any atom is 0.320 e. The molecule has 0 aliphatic carbocycles. The predicted molar refractivity (Wildman–Crippen MR) is 85.6 cm³/mol. The number of hydrogen-bond acceptors (Lipinski definition) is 6. The van der Waals surface area contributed by atoms with Gasteiger partial charge in [0.2, 0.25) is 5.69 Å². The largest absolute Gasteiger partial charge is 0.497 e. The average molecular weight is 331 g/mol. The van der Waals surface area contributed by atoms with Gasteiger partial charge in [-0.15, -0.1) is 9.89 Å². The molecule has 0 atom stereocenters. The molecule has 1 N–H and O–H groups in total. The normalized spacial score (nSPS) is 15.0. The van der Waals surface area contributed by atoms with Crippen molar-refractivity contribution < 1.29 is 14.3 Å². The van der Waals surface area contributed by atoms with Crippen LogP contribution in [0.3, 0.4) is 0 Å². The van der Waals surface area contributed by atoms with Crippen LogP contribution in [0.1, 0.15) is 16.1 Å². The van der Waals surface area contributed by atoms with E-state index in [9.17, 15) is 9.59 Å². The third kappa shape index (κ3) is 3.35. The Kier molecular flexibility index (Phi) is 4.71. The van der Waals surface area contributed by atoms with Crippen molar-refractivity contribution in [2.75, 3.05) is 33.4 Å². The van der Waals surface area contributed by atoms with Gasteiger partial charge in [-0.25, -0.2) is 0 Å². The Hall–Kier alpha value is -2.94. The molecule has 9 nitrogen and oxygen atoms in total. The Labute approximate surface area is 137 Å². The Morgan fingerprint density at radius 2 is 2.04 bits per heavy atom. The van der Waals surface area contributed by atoms with E-state index >= 15 is 0 Å². The molecule has 1 fully saturated rings. The van der Waals surface area contributed by atoms with Crippen molar-refractivity contribution in [2.45, 2.75) is 0 Å². The van der Waals surface area contributed by atoms with E-state index in [0.29, 0.717) is 26.3 Å². The summed E-state index contributed by atoms with van der Waals surface area (Å²) in [5, 5.41) is 10.2. The van der Waals surface area contributed by atoms with Crippen molar-refractivity contribution in [1.29, 1.82) is 0 Å². The van der Waals surface area contributed by atoms with E-state index < -0.39 is 11.5 Å². The van der Waals surface area contributed by atoms with Crippen LogP contribution in [-0.2, 0) is 4.74 Å². The molecule has 2 aromatic rings. The summed E-state index contributed by atoms with van der Waals surface area (Å²) < 4.78 is 10.3. The third-order valence-electron chi connectivity index (χ3n) is 3.59. The molecule has 24 heavy (non-hydrogen) atoms. The number of ether oxygens (including phenoxy) is 2. The van der Waals surface area contributed by atoms with Crippen LogP contribution in [-0.4, -0.2) is 65.5 Å². The first-order valence-electron chi connectivity index (χ1n) is 7.42. The molecule has 0 radical (unpaired) electrons. The van der Waals surface area contributed by atoms with Gasteiger partial charge in [0, 0.05) is 13.1 Å². The summed E-state index contributed by atoms with van der Waals surface area (Å²) >= 11 is 0. The van der Waals surface area contributed by atoms with Crippen LogP contribution in [0.2, 0.25) is 0 Å². The highest BCUT2D eigenvalue weighted by Gasteiger charge is 2.24. The highest BCUT2D eigenvalue weighted by Crippen LogP contribution is 2.09. The molecular formula is C15H17N5O4. The second kappa shape index (κ2) is 7.09. The van der Waals surface area contributed by atoms with Gasteiger partial charge in [-0.3, -0.25) is 9.59 Å². The Bertz CT molecular complexity index is 787. The lowest BCUT2D eigenvalue weighted by atomic mass is 10.2. The summed E-state index contributed by atoms with van der Waals surface area (Å²) in [7, 11) is 1.58. The number of hydrogen-bond donors (Lipinski definition) is 1. The molecule has 1 aromatic heterocycles. The van der Waals surface area contributed by atoms with Crippen molar-refractivity contribution in [1.82, 2.24) is 20.0 Å². The lowest BCUT2D eigenvalue weighted by Crippen LogP contribution is -2.42. The molecule has 0 saturated carbocycles. The first-order valence-corrected chi connectivity index (χ1v) is 7.42. The first kappa shape index (κ1) is 15.9. The molecule has 2 heterocycles. The van der Waals surface area contributed by atoms with Crippen molar-refractivity contribution in [3.63, 3.8) is 0 Å². The molecule has 1 amide bonds. The minimum Gasteiger partial charge on any atom is -0.497 e. The van der Waals surface area contributed by atoms with Crippen LogP contribution < -0.4 is 10.3 Å². The number of amides is 1. The van der Waals surface area contributed by atoms with Crippen LogP contribution in [0.5, 0.6) is 5.75 Å². The summed E-state index contributed by atoms with van der Waals surface area (Å²) in [5.41, 5.74) is 0.0124. The van der Waals surface area contributed by atoms with Gasteiger partial charge in [-0.2, -0.15) is 10.3 Å². The third-order valence-corrected chi connectivity index (χ3v) is 3.59. The maximum absolute atomic E-state index is 12.3. The van der Waals surface area contributed by atoms with Crippen LogP contribution in [0.15, 0.2) is 34.2 Å². The Morgan fingerprint density at radius 3 is 2.71 bits per heavy atom. The predicted octanol–water partition coefficient (Wildman–Crippen LogP) is -0.0654. The van der Waals surface area contributed by atoms with E-state index in [0.717, 1.165) is 16.1 Å². The van der Waals surface area contributed by atoms with Crippen LogP contribution >= 0.6 is 0 Å². The zero-order valence-corrected chi connectivity index (χ0v) is 13.1. The Balaban J connectivity index is 1.75. The summed E-state index contributed by atoms with van der Waals surface area (Å²) in [6.07, 6.45) is 1.49. The number of morpholine rings is 1. The quantitative estimate of drug-likeness (QED) is 0.791. The van der Waals surface area contributed by atoms with Crippen molar-refractivity contribution >= 4 is 12.1 Å². The molecule has 1 saturated heterocycles. The second-order valence-electron chi connectivity index (χ2n) is 5.10. The number of aromatic amines is 1. The maximum atomic E-state index is 12.3. The first-order chi connectivity index (χ1) is 11.7. The molecular weight excluding hydrogens is 314 g/mol. The summed E-state index contributed by atoms with van der Waals surface area (Å²) in [5.74, 6) is 0.308. The smallest absolute Gasteiger partial charge is 0.320 e. The monoisotopic (exact) mass is 331 g/mol. The van der Waals surface area contributed by atoms with Crippen LogP contribution in [0.4, 0.5) is 0 Å². The zero-order chi connectivity index (χ0) is 16.9. The summed E-state index contributed by atoms with van der Waals surface area (Å²) in [4.78, 5) is 27.0. The van der Waals surface area contributed by atoms with E-state index in [1.807, 2.05) is 0 Å². The van der Waals surface area contributed by atoms with Crippen molar-refractivity contribution in [3.05, 3.63) is 45.9 Å². The molecule has 1 aromatic carbocycles. The van der Waals surface area contributed by atoms with Gasteiger partial charge in [-0.1, -0.05) is 0 Å². The molecule has 1 aliphatic heterocycles. The molecule has 0 bridgehead atoms. The summed E-state index contributed by atoms with van der Waals surface area (Å²) in [6.45, 7) is 1.81. The van der Waals surface area contributed by atoms with E-state index in [2.05, 4.69) is 15.4 Å². The SMILES string of the molecule is COc1ccc(C=Nn2[nH]nc(C(=O)N3CCOCC3)c2=O)cc1. The number of aromatic nitrogens is 3. The molecule has 3 rings (SSSR count). The Morgan fingerprint density at radius 1 is 1.33 bits per heavy atom. The lowest BCUT2D eigenvalue weighted by Gasteiger charge is -2.25. The lowest BCUT2D eigenvalue weighted by molar-refractivity contribution is 0.0298. The molecule has 126 valence electrons. The number of methoxy groups -OCH3 is 1. The van der Waals surface area contributed by atoms with Gasteiger partial charge in [-0.05, 0) is 29.8 Å². The molecule has 0 unspecified atom stereocenters. The van der Waals surface area contributed by atoms with Gasteiger partial charge in [0.25, 0.3) is 5.91 Å². The van der Waals surface area contributed by atoms with E-state index in [1.54, 1.807) is 36.3 Å². The number of carbonyl (C=O) groups excluding carboxylic acids is 1. The van der Waals surface area contributed by atoms with Gasteiger partial charge in [0.1, 0.15) is 5.75 Å².